The van der Waals surface area contributed by atoms with E-state index in [1.807, 2.05) is 0 Å². The van der Waals surface area contributed by atoms with Crippen LogP contribution in [0.1, 0.15) is 25.7 Å². The molecule has 2 aliphatic rings. The summed E-state index contributed by atoms with van der Waals surface area (Å²) in [7, 11) is 2.20. The van der Waals surface area contributed by atoms with Gasteiger partial charge in [-0.1, -0.05) is 0 Å². The molecule has 0 aliphatic carbocycles. The molecule has 2 aliphatic heterocycles. The molecule has 0 radical (unpaired) electrons. The Kier molecular flexibility index (Phi) is 4.46. The molecule has 2 saturated heterocycles. The number of benzene rings is 1. The maximum atomic E-state index is 5.96. The van der Waals surface area contributed by atoms with Crippen molar-refractivity contribution in [3.05, 3.63) is 24.3 Å². The molecule has 20 heavy (non-hydrogen) atoms. The van der Waals surface area contributed by atoms with Crippen LogP contribution in [0.4, 0.5) is 5.69 Å². The third-order valence-electron chi connectivity index (χ3n) is 4.63. The van der Waals surface area contributed by atoms with Gasteiger partial charge in [-0.05, 0) is 76.0 Å². The Hall–Kier alpha value is -1.22. The van der Waals surface area contributed by atoms with Crippen LogP contribution in [0.3, 0.4) is 0 Å². The SMILES string of the molecule is CN1CCC(COc2ccc(N3CCCC3)cc2)CC1. The molecule has 2 fully saturated rings. The molecule has 3 nitrogen and oxygen atoms in total. The zero-order valence-corrected chi connectivity index (χ0v) is 12.6. The molecule has 1 aromatic carbocycles. The topological polar surface area (TPSA) is 15.7 Å². The van der Waals surface area contributed by atoms with Crippen molar-refractivity contribution in [2.75, 3.05) is 44.7 Å². The number of likely N-dealkylation sites (tertiary alicyclic amines) is 1. The Morgan fingerprint density at radius 3 is 2.30 bits per heavy atom. The summed E-state index contributed by atoms with van der Waals surface area (Å²) in [4.78, 5) is 4.86. The number of rotatable bonds is 4. The van der Waals surface area contributed by atoms with Crippen LogP contribution >= 0.6 is 0 Å². The van der Waals surface area contributed by atoms with Crippen LogP contribution in [0.2, 0.25) is 0 Å². The summed E-state index contributed by atoms with van der Waals surface area (Å²) in [5.74, 6) is 1.75. The van der Waals surface area contributed by atoms with Gasteiger partial charge in [-0.25, -0.2) is 0 Å². The van der Waals surface area contributed by atoms with E-state index in [1.165, 1.54) is 57.5 Å². The highest BCUT2D eigenvalue weighted by molar-refractivity contribution is 5.49. The smallest absolute Gasteiger partial charge is 0.119 e. The fraction of sp³-hybridized carbons (Fsp3) is 0.647. The molecule has 110 valence electrons. The third kappa shape index (κ3) is 3.45. The van der Waals surface area contributed by atoms with Crippen molar-refractivity contribution in [1.82, 2.24) is 4.90 Å². The van der Waals surface area contributed by atoms with Crippen LogP contribution in [-0.2, 0) is 0 Å². The van der Waals surface area contributed by atoms with Gasteiger partial charge in [-0.2, -0.15) is 0 Å². The number of hydrogen-bond acceptors (Lipinski definition) is 3. The van der Waals surface area contributed by atoms with Gasteiger partial charge in [0.25, 0.3) is 0 Å². The minimum absolute atomic E-state index is 0.726. The van der Waals surface area contributed by atoms with Crippen LogP contribution in [0.15, 0.2) is 24.3 Å². The molecule has 0 bridgehead atoms. The highest BCUT2D eigenvalue weighted by Crippen LogP contribution is 2.24. The first-order valence-corrected chi connectivity index (χ1v) is 7.97. The number of hydrogen-bond donors (Lipinski definition) is 0. The standard InChI is InChI=1S/C17H26N2O/c1-18-12-8-15(9-13-18)14-20-17-6-4-16(5-7-17)19-10-2-3-11-19/h4-7,15H,2-3,8-14H2,1H3. The number of ether oxygens (including phenoxy) is 1. The first-order valence-electron chi connectivity index (χ1n) is 7.97. The minimum Gasteiger partial charge on any atom is -0.493 e. The van der Waals surface area contributed by atoms with Crippen LogP contribution in [-0.4, -0.2) is 44.7 Å². The molecule has 0 aromatic heterocycles. The van der Waals surface area contributed by atoms with Crippen molar-refractivity contribution in [2.24, 2.45) is 5.92 Å². The van der Waals surface area contributed by atoms with E-state index < -0.39 is 0 Å². The predicted octanol–water partition coefficient (Wildman–Crippen LogP) is 3.01. The van der Waals surface area contributed by atoms with Crippen molar-refractivity contribution in [1.29, 1.82) is 0 Å². The van der Waals surface area contributed by atoms with Gasteiger partial charge in [0.15, 0.2) is 0 Å². The summed E-state index contributed by atoms with van der Waals surface area (Å²) in [5, 5.41) is 0. The van der Waals surface area contributed by atoms with Gasteiger partial charge in [0.1, 0.15) is 5.75 Å². The monoisotopic (exact) mass is 274 g/mol. The second-order valence-electron chi connectivity index (χ2n) is 6.25. The highest BCUT2D eigenvalue weighted by Gasteiger charge is 2.17. The van der Waals surface area contributed by atoms with E-state index >= 15 is 0 Å². The zero-order valence-electron chi connectivity index (χ0n) is 12.6. The van der Waals surface area contributed by atoms with Crippen LogP contribution < -0.4 is 9.64 Å². The summed E-state index contributed by atoms with van der Waals surface area (Å²) >= 11 is 0. The largest absolute Gasteiger partial charge is 0.493 e. The molecule has 1 aromatic rings. The molecule has 0 N–H and O–H groups in total. The molecule has 2 heterocycles. The summed E-state index contributed by atoms with van der Waals surface area (Å²) < 4.78 is 5.96. The van der Waals surface area contributed by atoms with E-state index in [0.717, 1.165) is 18.3 Å². The van der Waals surface area contributed by atoms with E-state index in [1.54, 1.807) is 0 Å². The minimum atomic E-state index is 0.726. The van der Waals surface area contributed by atoms with Gasteiger partial charge < -0.3 is 14.5 Å². The van der Waals surface area contributed by atoms with Crippen LogP contribution in [0.25, 0.3) is 0 Å². The number of anilines is 1. The van der Waals surface area contributed by atoms with Crippen molar-refractivity contribution >= 4 is 5.69 Å². The lowest BCUT2D eigenvalue weighted by Gasteiger charge is -2.28. The summed E-state index contributed by atoms with van der Waals surface area (Å²) in [6.45, 7) is 5.70. The fourth-order valence-corrected chi connectivity index (χ4v) is 3.17. The normalized spacial score (nSPS) is 21.4. The summed E-state index contributed by atoms with van der Waals surface area (Å²) in [5.41, 5.74) is 1.34. The first kappa shape index (κ1) is 13.7. The van der Waals surface area contributed by atoms with Crippen molar-refractivity contribution in [3.8, 4) is 5.75 Å². The summed E-state index contributed by atoms with van der Waals surface area (Å²) in [6.07, 6.45) is 5.19. The molecule has 0 spiro atoms. The van der Waals surface area contributed by atoms with Crippen LogP contribution in [0.5, 0.6) is 5.75 Å². The number of piperidine rings is 1. The van der Waals surface area contributed by atoms with Crippen LogP contribution in [0, 0.1) is 5.92 Å². The Morgan fingerprint density at radius 1 is 1.00 bits per heavy atom. The van der Waals surface area contributed by atoms with Gasteiger partial charge in [-0.15, -0.1) is 0 Å². The maximum absolute atomic E-state index is 5.96. The maximum Gasteiger partial charge on any atom is 0.119 e. The van der Waals surface area contributed by atoms with Gasteiger partial charge in [0, 0.05) is 18.8 Å². The van der Waals surface area contributed by atoms with Gasteiger partial charge in [0.2, 0.25) is 0 Å². The molecule has 3 rings (SSSR count). The van der Waals surface area contributed by atoms with Gasteiger partial charge >= 0.3 is 0 Å². The zero-order chi connectivity index (χ0) is 13.8. The lowest BCUT2D eigenvalue weighted by atomic mass is 9.98. The van der Waals surface area contributed by atoms with Gasteiger partial charge in [0.05, 0.1) is 6.61 Å². The van der Waals surface area contributed by atoms with E-state index in [0.29, 0.717) is 0 Å². The lowest BCUT2D eigenvalue weighted by Crippen LogP contribution is -2.32. The average molecular weight is 274 g/mol. The van der Waals surface area contributed by atoms with Crippen molar-refractivity contribution in [3.63, 3.8) is 0 Å². The van der Waals surface area contributed by atoms with E-state index in [-0.39, 0.29) is 0 Å². The summed E-state index contributed by atoms with van der Waals surface area (Å²) in [6, 6.07) is 8.66. The van der Waals surface area contributed by atoms with E-state index in [4.69, 9.17) is 4.74 Å². The Bertz CT molecular complexity index is 404. The average Bonchev–Trinajstić information content (AvgIpc) is 3.01. The van der Waals surface area contributed by atoms with Gasteiger partial charge in [-0.3, -0.25) is 0 Å². The molecular formula is C17H26N2O. The molecule has 3 heteroatoms. The van der Waals surface area contributed by atoms with Crippen molar-refractivity contribution in [2.45, 2.75) is 25.7 Å². The van der Waals surface area contributed by atoms with E-state index in [2.05, 4.69) is 41.1 Å². The Balaban J connectivity index is 1.48. The molecule has 0 atom stereocenters. The quantitative estimate of drug-likeness (QED) is 0.839. The first-order chi connectivity index (χ1) is 9.81. The molecule has 0 saturated carbocycles. The Labute approximate surface area is 122 Å². The fourth-order valence-electron chi connectivity index (χ4n) is 3.17. The lowest BCUT2D eigenvalue weighted by molar-refractivity contribution is 0.160. The second kappa shape index (κ2) is 6.49. The number of nitrogens with zero attached hydrogens (tertiary/aromatic N) is 2. The Morgan fingerprint density at radius 2 is 1.65 bits per heavy atom. The molecule has 0 unspecified atom stereocenters. The molecular weight excluding hydrogens is 248 g/mol. The second-order valence-corrected chi connectivity index (χ2v) is 6.25. The predicted molar refractivity (Wildman–Crippen MR) is 83.6 cm³/mol. The third-order valence-corrected chi connectivity index (χ3v) is 4.63. The highest BCUT2D eigenvalue weighted by atomic mass is 16.5. The van der Waals surface area contributed by atoms with Crippen molar-refractivity contribution < 1.29 is 4.74 Å². The molecule has 0 amide bonds. The van der Waals surface area contributed by atoms with E-state index in [9.17, 15) is 0 Å².